The van der Waals surface area contributed by atoms with Crippen LogP contribution in [0.15, 0.2) is 53.4 Å². The van der Waals surface area contributed by atoms with Gasteiger partial charge in [0.2, 0.25) is 15.9 Å². The molecular weight excluding hydrogens is 401 g/mol. The van der Waals surface area contributed by atoms with E-state index in [4.69, 9.17) is 4.74 Å². The van der Waals surface area contributed by atoms with Crippen LogP contribution in [-0.2, 0) is 19.6 Å². The summed E-state index contributed by atoms with van der Waals surface area (Å²) in [5.41, 5.74) is 0.439. The first-order valence-electron chi connectivity index (χ1n) is 8.54. The first kappa shape index (κ1) is 22.3. The van der Waals surface area contributed by atoms with Gasteiger partial charge >= 0.3 is 0 Å². The van der Waals surface area contributed by atoms with E-state index in [1.807, 2.05) is 0 Å². The molecule has 8 nitrogen and oxygen atoms in total. The summed E-state index contributed by atoms with van der Waals surface area (Å²) in [5, 5.41) is 2.58. The number of halogens is 1. The van der Waals surface area contributed by atoms with Crippen LogP contribution in [0, 0.1) is 5.82 Å². The van der Waals surface area contributed by atoms with Gasteiger partial charge in [0, 0.05) is 26.8 Å². The molecule has 0 unspecified atom stereocenters. The van der Waals surface area contributed by atoms with Crippen molar-refractivity contribution >= 4 is 27.5 Å². The summed E-state index contributed by atoms with van der Waals surface area (Å²) in [6.45, 7) is -0.528. The van der Waals surface area contributed by atoms with Crippen molar-refractivity contribution in [2.75, 3.05) is 39.6 Å². The standard InChI is InChI=1S/C19H22FN3O5S/c1-22(2)19(25)13-28-16-8-6-15(7-9-16)21-18(24)12-23(3)29(26,27)17-10-4-14(20)5-11-17/h4-11H,12-13H2,1-3H3,(H,21,24). The smallest absolute Gasteiger partial charge is 0.259 e. The molecule has 156 valence electrons. The van der Waals surface area contributed by atoms with Crippen LogP contribution in [0.4, 0.5) is 10.1 Å². The van der Waals surface area contributed by atoms with E-state index < -0.39 is 28.3 Å². The number of hydrogen-bond acceptors (Lipinski definition) is 5. The highest BCUT2D eigenvalue weighted by Gasteiger charge is 2.23. The minimum atomic E-state index is -3.92. The van der Waals surface area contributed by atoms with Crippen molar-refractivity contribution in [1.29, 1.82) is 0 Å². The van der Waals surface area contributed by atoms with Crippen molar-refractivity contribution in [3.63, 3.8) is 0 Å². The lowest BCUT2D eigenvalue weighted by atomic mass is 10.3. The Morgan fingerprint density at radius 3 is 2.14 bits per heavy atom. The Bertz CT molecular complexity index is 960. The van der Waals surface area contributed by atoms with Gasteiger partial charge < -0.3 is 15.0 Å². The Balaban J connectivity index is 1.93. The Hall–Kier alpha value is -2.98. The fourth-order valence-corrected chi connectivity index (χ4v) is 3.31. The Morgan fingerprint density at radius 2 is 1.59 bits per heavy atom. The summed E-state index contributed by atoms with van der Waals surface area (Å²) in [6.07, 6.45) is 0. The van der Waals surface area contributed by atoms with Crippen LogP contribution < -0.4 is 10.1 Å². The number of benzene rings is 2. The number of likely N-dealkylation sites (N-methyl/N-ethyl adjacent to an activating group) is 2. The molecule has 2 aromatic rings. The van der Waals surface area contributed by atoms with Crippen molar-refractivity contribution in [2.45, 2.75) is 4.90 Å². The average Bonchev–Trinajstić information content (AvgIpc) is 2.67. The number of amides is 2. The molecule has 0 atom stereocenters. The van der Waals surface area contributed by atoms with Crippen molar-refractivity contribution in [3.8, 4) is 5.75 Å². The van der Waals surface area contributed by atoms with Crippen molar-refractivity contribution in [1.82, 2.24) is 9.21 Å². The zero-order valence-corrected chi connectivity index (χ0v) is 17.1. The van der Waals surface area contributed by atoms with Gasteiger partial charge in [0.15, 0.2) is 6.61 Å². The zero-order chi connectivity index (χ0) is 21.6. The highest BCUT2D eigenvalue weighted by molar-refractivity contribution is 7.89. The van der Waals surface area contributed by atoms with E-state index in [1.54, 1.807) is 38.4 Å². The van der Waals surface area contributed by atoms with Crippen LogP contribution in [0.3, 0.4) is 0 Å². The molecule has 10 heteroatoms. The predicted octanol–water partition coefficient (Wildman–Crippen LogP) is 1.55. The Morgan fingerprint density at radius 1 is 1.00 bits per heavy atom. The molecular formula is C19H22FN3O5S. The maximum Gasteiger partial charge on any atom is 0.259 e. The van der Waals surface area contributed by atoms with Gasteiger partial charge in [-0.3, -0.25) is 9.59 Å². The molecule has 1 N–H and O–H groups in total. The number of carbonyl (C=O) groups is 2. The van der Waals surface area contributed by atoms with Crippen molar-refractivity contribution < 1.29 is 27.1 Å². The van der Waals surface area contributed by atoms with Gasteiger partial charge in [0.05, 0.1) is 11.4 Å². The summed E-state index contributed by atoms with van der Waals surface area (Å²) < 4.78 is 44.0. The number of anilines is 1. The van der Waals surface area contributed by atoms with Crippen LogP contribution in [-0.4, -0.2) is 63.7 Å². The van der Waals surface area contributed by atoms with E-state index in [0.717, 1.165) is 28.6 Å². The summed E-state index contributed by atoms with van der Waals surface area (Å²) >= 11 is 0. The molecule has 0 spiro atoms. The lowest BCUT2D eigenvalue weighted by molar-refractivity contribution is -0.130. The third-order valence-corrected chi connectivity index (χ3v) is 5.70. The number of sulfonamides is 1. The molecule has 0 aromatic heterocycles. The Labute approximate surface area is 168 Å². The van der Waals surface area contributed by atoms with Gasteiger partial charge in [-0.25, -0.2) is 12.8 Å². The van der Waals surface area contributed by atoms with E-state index >= 15 is 0 Å². The lowest BCUT2D eigenvalue weighted by Gasteiger charge is -2.17. The topological polar surface area (TPSA) is 96.0 Å². The molecule has 29 heavy (non-hydrogen) atoms. The highest BCUT2D eigenvalue weighted by atomic mass is 32.2. The minimum Gasteiger partial charge on any atom is -0.484 e. The summed E-state index contributed by atoms with van der Waals surface area (Å²) in [4.78, 5) is 25.0. The SMILES string of the molecule is CN(C)C(=O)COc1ccc(NC(=O)CN(C)S(=O)(=O)c2ccc(F)cc2)cc1. The van der Waals surface area contributed by atoms with Gasteiger partial charge in [-0.15, -0.1) is 0 Å². The van der Waals surface area contributed by atoms with Crippen LogP contribution in [0.1, 0.15) is 0 Å². The van der Waals surface area contributed by atoms with Crippen LogP contribution in [0.2, 0.25) is 0 Å². The molecule has 2 amide bonds. The largest absolute Gasteiger partial charge is 0.484 e. The minimum absolute atomic E-state index is 0.106. The van der Waals surface area contributed by atoms with Gasteiger partial charge in [-0.2, -0.15) is 4.31 Å². The molecule has 0 saturated heterocycles. The van der Waals surface area contributed by atoms with Crippen molar-refractivity contribution in [3.05, 3.63) is 54.3 Å². The summed E-state index contributed by atoms with van der Waals surface area (Å²) in [7, 11) is 0.584. The molecule has 0 bridgehead atoms. The summed E-state index contributed by atoms with van der Waals surface area (Å²) in [5.74, 6) is -0.834. The van der Waals surface area contributed by atoms with Crippen LogP contribution in [0.25, 0.3) is 0 Å². The van der Waals surface area contributed by atoms with E-state index in [0.29, 0.717) is 11.4 Å². The van der Waals surface area contributed by atoms with E-state index in [2.05, 4.69) is 5.32 Å². The number of rotatable bonds is 8. The summed E-state index contributed by atoms with van der Waals surface area (Å²) in [6, 6.07) is 10.7. The number of carbonyl (C=O) groups excluding carboxylic acids is 2. The van der Waals surface area contributed by atoms with Crippen LogP contribution in [0.5, 0.6) is 5.75 Å². The third kappa shape index (κ3) is 6.26. The highest BCUT2D eigenvalue weighted by Crippen LogP contribution is 2.17. The molecule has 0 saturated carbocycles. The molecule has 0 aliphatic carbocycles. The number of ether oxygens (including phenoxy) is 1. The second kappa shape index (κ2) is 9.48. The van der Waals surface area contributed by atoms with E-state index in [-0.39, 0.29) is 17.4 Å². The zero-order valence-electron chi connectivity index (χ0n) is 16.3. The normalized spacial score (nSPS) is 11.2. The fraction of sp³-hybridized carbons (Fsp3) is 0.263. The molecule has 2 rings (SSSR count). The first-order chi connectivity index (χ1) is 13.6. The molecule has 0 aliphatic heterocycles. The predicted molar refractivity (Wildman–Crippen MR) is 105 cm³/mol. The molecule has 0 fully saturated rings. The maximum atomic E-state index is 13.0. The van der Waals surface area contributed by atoms with Crippen LogP contribution >= 0.6 is 0 Å². The third-order valence-electron chi connectivity index (χ3n) is 3.89. The molecule has 2 aromatic carbocycles. The number of nitrogens with zero attached hydrogens (tertiary/aromatic N) is 2. The monoisotopic (exact) mass is 423 g/mol. The van der Waals surface area contributed by atoms with Gasteiger partial charge in [-0.05, 0) is 48.5 Å². The molecule has 0 aliphatic rings. The lowest BCUT2D eigenvalue weighted by Crippen LogP contribution is -2.34. The van der Waals surface area contributed by atoms with Crippen molar-refractivity contribution in [2.24, 2.45) is 0 Å². The number of hydrogen-bond donors (Lipinski definition) is 1. The molecule has 0 radical (unpaired) electrons. The first-order valence-corrected chi connectivity index (χ1v) is 9.98. The average molecular weight is 423 g/mol. The second-order valence-electron chi connectivity index (χ2n) is 6.36. The van der Waals surface area contributed by atoms with E-state index in [1.165, 1.54) is 11.9 Å². The quantitative estimate of drug-likeness (QED) is 0.695. The fourth-order valence-electron chi connectivity index (χ4n) is 2.18. The van der Waals surface area contributed by atoms with Gasteiger partial charge in [0.25, 0.3) is 5.91 Å². The maximum absolute atomic E-state index is 13.0. The molecule has 0 heterocycles. The number of nitrogens with one attached hydrogen (secondary N) is 1. The van der Waals surface area contributed by atoms with Gasteiger partial charge in [-0.1, -0.05) is 0 Å². The Kier molecular flexibility index (Phi) is 7.29. The van der Waals surface area contributed by atoms with E-state index in [9.17, 15) is 22.4 Å². The van der Waals surface area contributed by atoms with Gasteiger partial charge in [0.1, 0.15) is 11.6 Å². The second-order valence-corrected chi connectivity index (χ2v) is 8.41.